The fourth-order valence-corrected chi connectivity index (χ4v) is 4.18. The third kappa shape index (κ3) is 4.61. The van der Waals surface area contributed by atoms with Crippen LogP contribution in [0.3, 0.4) is 0 Å². The number of aromatic nitrogens is 1. The second-order valence-electron chi connectivity index (χ2n) is 8.02. The van der Waals surface area contributed by atoms with Gasteiger partial charge in [-0.25, -0.2) is 4.79 Å². The van der Waals surface area contributed by atoms with Crippen molar-refractivity contribution in [2.24, 2.45) is 0 Å². The SMILES string of the molecule is CSc1ccc(C(=Cc2cccc(-c3cc(C(C)C)cc4cccnc34)c2)C(=O)O)cc1. The van der Waals surface area contributed by atoms with Crippen LogP contribution in [0.2, 0.25) is 0 Å². The lowest BCUT2D eigenvalue weighted by molar-refractivity contribution is -0.130. The maximum Gasteiger partial charge on any atom is 0.336 e. The summed E-state index contributed by atoms with van der Waals surface area (Å²) in [6.07, 6.45) is 5.55. The Morgan fingerprint density at radius 1 is 1.00 bits per heavy atom. The van der Waals surface area contributed by atoms with Crippen LogP contribution >= 0.6 is 11.8 Å². The summed E-state index contributed by atoms with van der Waals surface area (Å²) in [5, 5.41) is 11.0. The maximum absolute atomic E-state index is 12.0. The molecule has 0 bridgehead atoms. The van der Waals surface area contributed by atoms with Gasteiger partial charge in [-0.15, -0.1) is 11.8 Å². The lowest BCUT2D eigenvalue weighted by Gasteiger charge is -2.13. The standard InChI is InChI=1S/C28H25NO2S/c1-18(2)23-16-22-8-5-13-29-27(22)25(17-23)21-7-4-6-19(14-21)15-26(28(30)31)20-9-11-24(32-3)12-10-20/h4-18H,1-3H3,(H,30,31). The Morgan fingerprint density at radius 3 is 2.47 bits per heavy atom. The van der Waals surface area contributed by atoms with E-state index >= 15 is 0 Å². The van der Waals surface area contributed by atoms with E-state index in [0.29, 0.717) is 11.5 Å². The summed E-state index contributed by atoms with van der Waals surface area (Å²) >= 11 is 1.63. The van der Waals surface area contributed by atoms with E-state index in [1.807, 2.05) is 61.0 Å². The molecule has 0 atom stereocenters. The van der Waals surface area contributed by atoms with Crippen LogP contribution in [0.15, 0.2) is 83.9 Å². The largest absolute Gasteiger partial charge is 0.478 e. The molecule has 0 unspecified atom stereocenters. The number of carboxylic acids is 1. The number of nitrogens with zero attached hydrogens (tertiary/aromatic N) is 1. The number of carboxylic acid groups (broad SMARTS) is 1. The monoisotopic (exact) mass is 439 g/mol. The van der Waals surface area contributed by atoms with Crippen LogP contribution < -0.4 is 0 Å². The van der Waals surface area contributed by atoms with Gasteiger partial charge < -0.3 is 5.11 Å². The predicted octanol–water partition coefficient (Wildman–Crippen LogP) is 7.37. The molecule has 4 rings (SSSR count). The molecule has 1 heterocycles. The van der Waals surface area contributed by atoms with Gasteiger partial charge in [-0.05, 0) is 76.9 Å². The van der Waals surface area contributed by atoms with Gasteiger partial charge in [0.25, 0.3) is 0 Å². The van der Waals surface area contributed by atoms with Gasteiger partial charge in [0.15, 0.2) is 0 Å². The number of fused-ring (bicyclic) bond motifs is 1. The Morgan fingerprint density at radius 2 is 1.78 bits per heavy atom. The summed E-state index contributed by atoms with van der Waals surface area (Å²) in [6, 6.07) is 24.0. The van der Waals surface area contributed by atoms with Crippen molar-refractivity contribution in [3.63, 3.8) is 0 Å². The Hall–Kier alpha value is -3.37. The number of carbonyl (C=O) groups is 1. The average molecular weight is 440 g/mol. The third-order valence-electron chi connectivity index (χ3n) is 5.53. The van der Waals surface area contributed by atoms with E-state index in [4.69, 9.17) is 0 Å². The van der Waals surface area contributed by atoms with Gasteiger partial charge in [0.2, 0.25) is 0 Å². The van der Waals surface area contributed by atoms with Gasteiger partial charge in [0.1, 0.15) is 0 Å². The van der Waals surface area contributed by atoms with Crippen LogP contribution in [0.1, 0.15) is 36.5 Å². The van der Waals surface area contributed by atoms with Gasteiger partial charge in [-0.1, -0.05) is 50.2 Å². The molecular weight excluding hydrogens is 414 g/mol. The smallest absolute Gasteiger partial charge is 0.336 e. The number of pyridine rings is 1. The molecule has 0 aliphatic heterocycles. The Labute approximate surface area is 192 Å². The topological polar surface area (TPSA) is 50.2 Å². The van der Waals surface area contributed by atoms with E-state index in [9.17, 15) is 9.90 Å². The summed E-state index contributed by atoms with van der Waals surface area (Å²) in [5.41, 5.74) is 6.08. The zero-order chi connectivity index (χ0) is 22.7. The zero-order valence-electron chi connectivity index (χ0n) is 18.4. The third-order valence-corrected chi connectivity index (χ3v) is 6.28. The molecule has 0 aliphatic carbocycles. The molecule has 1 N–H and O–H groups in total. The zero-order valence-corrected chi connectivity index (χ0v) is 19.2. The lowest BCUT2D eigenvalue weighted by Crippen LogP contribution is -1.99. The number of hydrogen-bond donors (Lipinski definition) is 1. The fraction of sp³-hybridized carbons (Fsp3) is 0.143. The summed E-state index contributed by atoms with van der Waals surface area (Å²) in [7, 11) is 0. The Kier molecular flexibility index (Phi) is 6.42. The number of benzene rings is 3. The molecule has 0 spiro atoms. The van der Waals surface area contributed by atoms with E-state index in [2.05, 4.69) is 43.1 Å². The van der Waals surface area contributed by atoms with Gasteiger partial charge >= 0.3 is 5.97 Å². The van der Waals surface area contributed by atoms with Crippen molar-refractivity contribution in [1.82, 2.24) is 4.98 Å². The van der Waals surface area contributed by atoms with Crippen molar-refractivity contribution >= 4 is 40.3 Å². The number of hydrogen-bond acceptors (Lipinski definition) is 3. The van der Waals surface area contributed by atoms with Gasteiger partial charge in [0.05, 0.1) is 11.1 Å². The lowest BCUT2D eigenvalue weighted by atomic mass is 9.93. The van der Waals surface area contributed by atoms with Gasteiger partial charge in [-0.3, -0.25) is 4.98 Å². The van der Waals surface area contributed by atoms with Crippen molar-refractivity contribution < 1.29 is 9.90 Å². The molecule has 0 amide bonds. The fourth-order valence-electron chi connectivity index (χ4n) is 3.77. The normalized spacial score (nSPS) is 11.8. The van der Waals surface area contributed by atoms with Crippen molar-refractivity contribution in [3.05, 3.63) is 95.7 Å². The molecule has 1 aromatic heterocycles. The first-order chi connectivity index (χ1) is 15.5. The molecule has 32 heavy (non-hydrogen) atoms. The highest BCUT2D eigenvalue weighted by atomic mass is 32.2. The van der Waals surface area contributed by atoms with Crippen LogP contribution in [0.5, 0.6) is 0 Å². The van der Waals surface area contributed by atoms with Crippen molar-refractivity contribution in [2.75, 3.05) is 6.26 Å². The molecule has 0 aliphatic rings. The molecule has 4 aromatic rings. The van der Waals surface area contributed by atoms with Crippen molar-refractivity contribution in [2.45, 2.75) is 24.7 Å². The van der Waals surface area contributed by atoms with Crippen LogP contribution in [0.25, 0.3) is 33.7 Å². The average Bonchev–Trinajstić information content (AvgIpc) is 2.82. The quantitative estimate of drug-likeness (QED) is 0.193. The highest BCUT2D eigenvalue weighted by Crippen LogP contribution is 2.32. The Bertz CT molecular complexity index is 1310. The van der Waals surface area contributed by atoms with E-state index in [1.165, 1.54) is 5.56 Å². The summed E-state index contributed by atoms with van der Waals surface area (Å²) in [5.74, 6) is -0.550. The summed E-state index contributed by atoms with van der Waals surface area (Å²) in [4.78, 5) is 17.8. The van der Waals surface area contributed by atoms with Crippen LogP contribution in [0, 0.1) is 0 Å². The Balaban J connectivity index is 1.82. The minimum absolute atomic E-state index is 0.272. The molecule has 160 valence electrons. The first kappa shape index (κ1) is 21.8. The van der Waals surface area contributed by atoms with E-state index in [1.54, 1.807) is 17.8 Å². The summed E-state index contributed by atoms with van der Waals surface area (Å²) < 4.78 is 0. The highest BCUT2D eigenvalue weighted by molar-refractivity contribution is 7.98. The second-order valence-corrected chi connectivity index (χ2v) is 8.90. The maximum atomic E-state index is 12.0. The molecule has 0 fully saturated rings. The number of aliphatic carboxylic acids is 1. The minimum atomic E-state index is -0.943. The highest BCUT2D eigenvalue weighted by Gasteiger charge is 2.13. The van der Waals surface area contributed by atoms with Crippen molar-refractivity contribution in [3.8, 4) is 11.1 Å². The van der Waals surface area contributed by atoms with E-state index in [-0.39, 0.29) is 5.57 Å². The van der Waals surface area contributed by atoms with Crippen LogP contribution in [-0.4, -0.2) is 22.3 Å². The second kappa shape index (κ2) is 9.41. The van der Waals surface area contributed by atoms with Gasteiger partial charge in [0, 0.05) is 22.0 Å². The number of rotatable bonds is 6. The first-order valence-electron chi connectivity index (χ1n) is 10.5. The van der Waals surface area contributed by atoms with Crippen molar-refractivity contribution in [1.29, 1.82) is 0 Å². The van der Waals surface area contributed by atoms with E-state index < -0.39 is 5.97 Å². The van der Waals surface area contributed by atoms with E-state index in [0.717, 1.165) is 32.5 Å². The van der Waals surface area contributed by atoms with Crippen LogP contribution in [0.4, 0.5) is 0 Å². The molecule has 0 radical (unpaired) electrons. The molecule has 0 saturated heterocycles. The van der Waals surface area contributed by atoms with Gasteiger partial charge in [-0.2, -0.15) is 0 Å². The molecular formula is C28H25NO2S. The molecule has 3 aromatic carbocycles. The summed E-state index contributed by atoms with van der Waals surface area (Å²) in [6.45, 7) is 4.36. The molecule has 0 saturated carbocycles. The molecule has 3 nitrogen and oxygen atoms in total. The number of thioether (sulfide) groups is 1. The first-order valence-corrected chi connectivity index (χ1v) is 11.8. The minimum Gasteiger partial charge on any atom is -0.478 e. The molecule has 4 heteroatoms. The predicted molar refractivity (Wildman–Crippen MR) is 135 cm³/mol. The van der Waals surface area contributed by atoms with Crippen LogP contribution in [-0.2, 0) is 4.79 Å².